The van der Waals surface area contributed by atoms with Crippen molar-refractivity contribution < 1.29 is 15.0 Å². The third-order valence-electron chi connectivity index (χ3n) is 5.27. The van der Waals surface area contributed by atoms with E-state index in [9.17, 15) is 15.0 Å². The third-order valence-corrected chi connectivity index (χ3v) is 5.27. The number of allylic oxidation sites excluding steroid dienone is 1. The Kier molecular flexibility index (Phi) is 20.2. The minimum absolute atomic E-state index is 0.0755. The van der Waals surface area contributed by atoms with Crippen molar-refractivity contribution in [2.75, 3.05) is 6.61 Å². The summed E-state index contributed by atoms with van der Waals surface area (Å²) in [5.74, 6) is -0.0755. The van der Waals surface area contributed by atoms with Gasteiger partial charge >= 0.3 is 0 Å². The highest BCUT2D eigenvalue weighted by Crippen LogP contribution is 2.10. The van der Waals surface area contributed by atoms with Crippen LogP contribution in [0.15, 0.2) is 12.2 Å². The Hall–Kier alpha value is -0.870. The van der Waals surface area contributed by atoms with E-state index in [0.717, 1.165) is 25.7 Å². The topological polar surface area (TPSA) is 69.6 Å². The zero-order valence-electron chi connectivity index (χ0n) is 18.6. The molecule has 0 aliphatic carbocycles. The molecule has 2 unspecified atom stereocenters. The van der Waals surface area contributed by atoms with Crippen molar-refractivity contribution in [3.63, 3.8) is 0 Å². The normalized spacial score (nSPS) is 13.7. The molecular weight excluding hydrogens is 350 g/mol. The van der Waals surface area contributed by atoms with Gasteiger partial charge in [0.25, 0.3) is 0 Å². The second-order valence-electron chi connectivity index (χ2n) is 8.06. The zero-order chi connectivity index (χ0) is 20.9. The summed E-state index contributed by atoms with van der Waals surface area (Å²) in [6.07, 6.45) is 21.4. The number of amides is 1. The maximum atomic E-state index is 12.0. The van der Waals surface area contributed by atoms with Crippen LogP contribution in [0.5, 0.6) is 0 Å². The number of aliphatic hydroxyl groups is 2. The minimum Gasteiger partial charge on any atom is -0.394 e. The van der Waals surface area contributed by atoms with Crippen LogP contribution in [-0.4, -0.2) is 34.9 Å². The number of nitrogens with one attached hydrogen (secondary N) is 1. The summed E-state index contributed by atoms with van der Waals surface area (Å²) in [4.78, 5) is 12.0. The fourth-order valence-corrected chi connectivity index (χ4v) is 3.35. The lowest BCUT2D eigenvalue weighted by molar-refractivity contribution is -0.123. The monoisotopic (exact) mass is 397 g/mol. The van der Waals surface area contributed by atoms with E-state index in [1.54, 1.807) is 6.08 Å². The van der Waals surface area contributed by atoms with E-state index >= 15 is 0 Å². The standard InChI is InChI=1S/C24H47NO3/c1-3-5-7-9-11-13-15-17-19-23(27)22(21-26)25-24(28)20-18-16-14-12-10-8-6-4-2/h17,19,22-23,26-27H,3-16,18,20-21H2,1-2H3,(H,25,28)/b19-17+. The Labute approximate surface area is 174 Å². The van der Waals surface area contributed by atoms with Gasteiger partial charge in [-0.1, -0.05) is 103 Å². The average Bonchev–Trinajstić information content (AvgIpc) is 2.70. The summed E-state index contributed by atoms with van der Waals surface area (Å²) in [5, 5.41) is 22.4. The molecule has 0 spiro atoms. The molecule has 28 heavy (non-hydrogen) atoms. The molecule has 0 heterocycles. The summed E-state index contributed by atoms with van der Waals surface area (Å²) in [6, 6.07) is -0.609. The molecule has 1 amide bonds. The van der Waals surface area contributed by atoms with Crippen LogP contribution in [0, 0.1) is 0 Å². The fraction of sp³-hybridized carbons (Fsp3) is 0.875. The molecule has 0 aromatic rings. The van der Waals surface area contributed by atoms with Crippen LogP contribution in [0.4, 0.5) is 0 Å². The molecule has 2 atom stereocenters. The largest absolute Gasteiger partial charge is 0.394 e. The molecule has 0 bridgehead atoms. The third kappa shape index (κ3) is 17.2. The van der Waals surface area contributed by atoms with Crippen LogP contribution in [-0.2, 0) is 4.79 Å². The van der Waals surface area contributed by atoms with E-state index in [1.807, 2.05) is 6.08 Å². The molecule has 166 valence electrons. The zero-order valence-corrected chi connectivity index (χ0v) is 18.6. The van der Waals surface area contributed by atoms with Crippen molar-refractivity contribution in [2.24, 2.45) is 0 Å². The maximum Gasteiger partial charge on any atom is 0.220 e. The van der Waals surface area contributed by atoms with Gasteiger partial charge in [0, 0.05) is 6.42 Å². The van der Waals surface area contributed by atoms with E-state index in [1.165, 1.54) is 70.6 Å². The highest BCUT2D eigenvalue weighted by atomic mass is 16.3. The number of aliphatic hydroxyl groups excluding tert-OH is 2. The van der Waals surface area contributed by atoms with Crippen molar-refractivity contribution >= 4 is 5.91 Å². The van der Waals surface area contributed by atoms with Crippen LogP contribution < -0.4 is 5.32 Å². The number of unbranched alkanes of at least 4 members (excludes halogenated alkanes) is 13. The molecule has 0 aromatic carbocycles. The lowest BCUT2D eigenvalue weighted by Gasteiger charge is -2.20. The van der Waals surface area contributed by atoms with Gasteiger partial charge in [0.2, 0.25) is 5.91 Å². The lowest BCUT2D eigenvalue weighted by Crippen LogP contribution is -2.45. The Morgan fingerprint density at radius 2 is 1.32 bits per heavy atom. The van der Waals surface area contributed by atoms with Gasteiger partial charge in [-0.25, -0.2) is 0 Å². The smallest absolute Gasteiger partial charge is 0.220 e. The first kappa shape index (κ1) is 27.1. The van der Waals surface area contributed by atoms with Crippen LogP contribution in [0.3, 0.4) is 0 Å². The molecule has 4 heteroatoms. The lowest BCUT2D eigenvalue weighted by atomic mass is 10.1. The summed E-state index contributed by atoms with van der Waals surface area (Å²) >= 11 is 0. The van der Waals surface area contributed by atoms with E-state index in [4.69, 9.17) is 0 Å². The molecule has 0 aliphatic rings. The second kappa shape index (κ2) is 20.9. The minimum atomic E-state index is -0.826. The SMILES string of the molecule is CCCCCCCC/C=C/C(O)C(CO)NC(=O)CCCCCCCCCC. The van der Waals surface area contributed by atoms with Crippen molar-refractivity contribution in [3.05, 3.63) is 12.2 Å². The van der Waals surface area contributed by atoms with Crippen molar-refractivity contribution in [3.8, 4) is 0 Å². The predicted molar refractivity (Wildman–Crippen MR) is 119 cm³/mol. The van der Waals surface area contributed by atoms with E-state index in [0.29, 0.717) is 6.42 Å². The summed E-state index contributed by atoms with van der Waals surface area (Å²) in [7, 11) is 0. The average molecular weight is 398 g/mol. The quantitative estimate of drug-likeness (QED) is 0.183. The fourth-order valence-electron chi connectivity index (χ4n) is 3.35. The maximum absolute atomic E-state index is 12.0. The van der Waals surface area contributed by atoms with E-state index in [2.05, 4.69) is 19.2 Å². The second-order valence-corrected chi connectivity index (χ2v) is 8.06. The number of hydrogen-bond acceptors (Lipinski definition) is 3. The molecule has 0 radical (unpaired) electrons. The number of carbonyl (C=O) groups excluding carboxylic acids is 1. The van der Waals surface area contributed by atoms with Crippen LogP contribution in [0.1, 0.15) is 117 Å². The first-order chi connectivity index (χ1) is 13.7. The molecule has 0 saturated carbocycles. The first-order valence-electron chi connectivity index (χ1n) is 11.9. The van der Waals surface area contributed by atoms with Gasteiger partial charge in [0.1, 0.15) is 0 Å². The van der Waals surface area contributed by atoms with Crippen LogP contribution >= 0.6 is 0 Å². The predicted octanol–water partition coefficient (Wildman–Crippen LogP) is 5.66. The number of rotatable bonds is 20. The first-order valence-corrected chi connectivity index (χ1v) is 11.9. The van der Waals surface area contributed by atoms with Crippen LogP contribution in [0.25, 0.3) is 0 Å². The van der Waals surface area contributed by atoms with Gasteiger partial charge in [-0.05, 0) is 19.3 Å². The van der Waals surface area contributed by atoms with Crippen molar-refractivity contribution in [1.82, 2.24) is 5.32 Å². The molecule has 0 fully saturated rings. The summed E-state index contributed by atoms with van der Waals surface area (Å²) in [5.41, 5.74) is 0. The Morgan fingerprint density at radius 3 is 1.86 bits per heavy atom. The molecule has 0 aromatic heterocycles. The van der Waals surface area contributed by atoms with Crippen molar-refractivity contribution in [1.29, 1.82) is 0 Å². The molecule has 3 N–H and O–H groups in total. The molecule has 0 rings (SSSR count). The number of hydrogen-bond donors (Lipinski definition) is 3. The summed E-state index contributed by atoms with van der Waals surface area (Å²) in [6.45, 7) is 4.20. The Balaban J connectivity index is 3.79. The van der Waals surface area contributed by atoms with E-state index in [-0.39, 0.29) is 12.5 Å². The van der Waals surface area contributed by atoms with Crippen LogP contribution in [0.2, 0.25) is 0 Å². The highest BCUT2D eigenvalue weighted by molar-refractivity contribution is 5.76. The van der Waals surface area contributed by atoms with Gasteiger partial charge in [0.05, 0.1) is 18.8 Å². The van der Waals surface area contributed by atoms with E-state index < -0.39 is 12.1 Å². The molecule has 0 aliphatic heterocycles. The Morgan fingerprint density at radius 1 is 0.821 bits per heavy atom. The molecule has 4 nitrogen and oxygen atoms in total. The summed E-state index contributed by atoms with van der Waals surface area (Å²) < 4.78 is 0. The molecule has 0 saturated heterocycles. The highest BCUT2D eigenvalue weighted by Gasteiger charge is 2.17. The number of carbonyl (C=O) groups is 1. The Bertz CT molecular complexity index is 371. The van der Waals surface area contributed by atoms with Gasteiger partial charge in [-0.3, -0.25) is 4.79 Å². The molecular formula is C24H47NO3. The van der Waals surface area contributed by atoms with Gasteiger partial charge in [0.15, 0.2) is 0 Å². The van der Waals surface area contributed by atoms with Gasteiger partial charge in [-0.15, -0.1) is 0 Å². The van der Waals surface area contributed by atoms with Gasteiger partial charge < -0.3 is 15.5 Å². The van der Waals surface area contributed by atoms with Gasteiger partial charge in [-0.2, -0.15) is 0 Å². The van der Waals surface area contributed by atoms with Crippen molar-refractivity contribution in [2.45, 2.75) is 129 Å².